The molecule has 0 unspecified atom stereocenters. The number of nitrogens with two attached hydrogens (primary N) is 1. The zero-order valence-corrected chi connectivity index (χ0v) is 14.5. The summed E-state index contributed by atoms with van der Waals surface area (Å²) in [5.41, 5.74) is 7.56. The highest BCUT2D eigenvalue weighted by molar-refractivity contribution is 7.99. The van der Waals surface area contributed by atoms with Crippen molar-refractivity contribution >= 4 is 35.8 Å². The van der Waals surface area contributed by atoms with Crippen LogP contribution in [0.25, 0.3) is 0 Å². The van der Waals surface area contributed by atoms with E-state index in [-0.39, 0.29) is 18.4 Å². The van der Waals surface area contributed by atoms with Gasteiger partial charge in [-0.05, 0) is 42.3 Å². The van der Waals surface area contributed by atoms with Gasteiger partial charge in [0.05, 0.1) is 0 Å². The summed E-state index contributed by atoms with van der Waals surface area (Å²) in [6.07, 6.45) is 3.38. The molecule has 0 aliphatic carbocycles. The van der Waals surface area contributed by atoms with Gasteiger partial charge in [-0.15, -0.1) is 12.4 Å². The van der Waals surface area contributed by atoms with Crippen LogP contribution in [0.2, 0.25) is 5.02 Å². The molecule has 4 heteroatoms. The molecule has 0 amide bonds. The Hall–Kier alpha value is -0.670. The molecule has 0 saturated carbocycles. The topological polar surface area (TPSA) is 26.0 Å². The van der Waals surface area contributed by atoms with Crippen LogP contribution in [0.3, 0.4) is 0 Å². The average Bonchev–Trinajstić information content (AvgIpc) is 2.48. The summed E-state index contributed by atoms with van der Waals surface area (Å²) in [5.74, 6) is 0. The third-order valence-corrected chi connectivity index (χ3v) is 4.58. The van der Waals surface area contributed by atoms with Crippen LogP contribution >= 0.6 is 35.8 Å². The number of benzene rings is 2. The van der Waals surface area contributed by atoms with Crippen LogP contribution in [0.15, 0.2) is 58.3 Å². The first-order valence-electron chi connectivity index (χ1n) is 6.98. The van der Waals surface area contributed by atoms with Crippen LogP contribution < -0.4 is 5.73 Å². The highest BCUT2D eigenvalue weighted by Gasteiger charge is 2.11. The van der Waals surface area contributed by atoms with Crippen LogP contribution in [0.5, 0.6) is 0 Å². The predicted octanol–water partition coefficient (Wildman–Crippen LogP) is 6.10. The molecule has 0 aliphatic heterocycles. The van der Waals surface area contributed by atoms with Gasteiger partial charge in [0.1, 0.15) is 0 Å². The fourth-order valence-electron chi connectivity index (χ4n) is 2.09. The number of hydrogen-bond acceptors (Lipinski definition) is 2. The fraction of sp³-hybridized carbons (Fsp3) is 0.294. The standard InChI is InChI=1S/C17H20ClNS.ClH/c1-2-3-7-16(19)15-6-4-5-8-17(15)20-14-11-9-13(18)10-12-14;/h4-6,8-12,16H,2-3,7,19H2,1H3;1H/t16-;/m0./s1. The molecule has 2 rings (SSSR count). The van der Waals surface area contributed by atoms with Crippen LogP contribution in [0, 0.1) is 0 Å². The Bertz CT molecular complexity index is 543. The monoisotopic (exact) mass is 341 g/mol. The molecule has 1 atom stereocenters. The lowest BCUT2D eigenvalue weighted by Gasteiger charge is -2.16. The van der Waals surface area contributed by atoms with Gasteiger partial charge in [-0.1, -0.05) is 61.3 Å². The molecule has 0 radical (unpaired) electrons. The third-order valence-electron chi connectivity index (χ3n) is 3.23. The fourth-order valence-corrected chi connectivity index (χ4v) is 3.22. The number of hydrogen-bond donors (Lipinski definition) is 1. The Morgan fingerprint density at radius 1 is 1.10 bits per heavy atom. The van der Waals surface area contributed by atoms with E-state index < -0.39 is 0 Å². The molecule has 2 aromatic carbocycles. The van der Waals surface area contributed by atoms with Crippen molar-refractivity contribution in [2.45, 2.75) is 42.0 Å². The number of halogens is 2. The maximum Gasteiger partial charge on any atom is 0.0406 e. The first kappa shape index (κ1) is 18.4. The lowest BCUT2D eigenvalue weighted by Crippen LogP contribution is -2.11. The zero-order valence-electron chi connectivity index (χ0n) is 12.1. The van der Waals surface area contributed by atoms with Crippen molar-refractivity contribution in [3.63, 3.8) is 0 Å². The van der Waals surface area contributed by atoms with E-state index in [2.05, 4.69) is 31.2 Å². The minimum absolute atomic E-state index is 0. The summed E-state index contributed by atoms with van der Waals surface area (Å²) in [4.78, 5) is 2.42. The van der Waals surface area contributed by atoms with Crippen LogP contribution in [-0.4, -0.2) is 0 Å². The number of rotatable bonds is 6. The summed E-state index contributed by atoms with van der Waals surface area (Å²) in [5, 5.41) is 0.766. The van der Waals surface area contributed by atoms with E-state index in [1.165, 1.54) is 28.2 Å². The molecule has 1 nitrogen and oxygen atoms in total. The summed E-state index contributed by atoms with van der Waals surface area (Å²) in [6, 6.07) is 16.4. The van der Waals surface area contributed by atoms with Crippen molar-refractivity contribution in [3.05, 3.63) is 59.1 Å². The van der Waals surface area contributed by atoms with Crippen molar-refractivity contribution in [1.82, 2.24) is 0 Å². The Morgan fingerprint density at radius 2 is 1.76 bits per heavy atom. The van der Waals surface area contributed by atoms with Gasteiger partial charge in [-0.2, -0.15) is 0 Å². The zero-order chi connectivity index (χ0) is 14.4. The molecule has 2 N–H and O–H groups in total. The van der Waals surface area contributed by atoms with E-state index in [0.717, 1.165) is 11.4 Å². The summed E-state index contributed by atoms with van der Waals surface area (Å²) in [6.45, 7) is 2.20. The molecule has 0 bridgehead atoms. The minimum atomic E-state index is 0. The van der Waals surface area contributed by atoms with Crippen molar-refractivity contribution in [2.75, 3.05) is 0 Å². The van der Waals surface area contributed by atoms with Gasteiger partial charge in [0, 0.05) is 20.9 Å². The summed E-state index contributed by atoms with van der Waals surface area (Å²) in [7, 11) is 0. The maximum atomic E-state index is 6.33. The lowest BCUT2D eigenvalue weighted by molar-refractivity contribution is 0.596. The first-order valence-corrected chi connectivity index (χ1v) is 8.18. The van der Waals surface area contributed by atoms with Gasteiger partial charge in [0.25, 0.3) is 0 Å². The molecule has 0 aromatic heterocycles. The Kier molecular flexibility index (Phi) is 8.20. The van der Waals surface area contributed by atoms with Crippen molar-refractivity contribution in [3.8, 4) is 0 Å². The van der Waals surface area contributed by atoms with E-state index in [0.29, 0.717) is 0 Å². The van der Waals surface area contributed by atoms with Crippen LogP contribution in [-0.2, 0) is 0 Å². The van der Waals surface area contributed by atoms with Crippen molar-refractivity contribution in [2.24, 2.45) is 5.73 Å². The van der Waals surface area contributed by atoms with E-state index in [9.17, 15) is 0 Å². The molecule has 114 valence electrons. The second-order valence-electron chi connectivity index (χ2n) is 4.84. The second-order valence-corrected chi connectivity index (χ2v) is 6.39. The lowest BCUT2D eigenvalue weighted by atomic mass is 10.0. The Labute approximate surface area is 142 Å². The molecule has 0 spiro atoms. The quantitative estimate of drug-likeness (QED) is 0.686. The Balaban J connectivity index is 0.00000220. The smallest absolute Gasteiger partial charge is 0.0406 e. The van der Waals surface area contributed by atoms with Gasteiger partial charge in [-0.3, -0.25) is 0 Å². The molecule has 2 aromatic rings. The molecular formula is C17H21Cl2NS. The molecule has 0 heterocycles. The summed E-state index contributed by atoms with van der Waals surface area (Å²) >= 11 is 7.67. The van der Waals surface area contributed by atoms with Crippen LogP contribution in [0.4, 0.5) is 0 Å². The van der Waals surface area contributed by atoms with Gasteiger partial charge in [-0.25, -0.2) is 0 Å². The average molecular weight is 342 g/mol. The van der Waals surface area contributed by atoms with Gasteiger partial charge < -0.3 is 5.73 Å². The van der Waals surface area contributed by atoms with E-state index in [1.807, 2.05) is 24.3 Å². The second kappa shape index (κ2) is 9.37. The Morgan fingerprint density at radius 3 is 2.43 bits per heavy atom. The largest absolute Gasteiger partial charge is 0.324 e. The molecular weight excluding hydrogens is 321 g/mol. The van der Waals surface area contributed by atoms with Gasteiger partial charge in [0.15, 0.2) is 0 Å². The predicted molar refractivity (Wildman–Crippen MR) is 95.7 cm³/mol. The summed E-state index contributed by atoms with van der Waals surface area (Å²) < 4.78 is 0. The third kappa shape index (κ3) is 5.55. The first-order chi connectivity index (χ1) is 9.70. The van der Waals surface area contributed by atoms with Crippen molar-refractivity contribution < 1.29 is 0 Å². The van der Waals surface area contributed by atoms with Crippen LogP contribution in [0.1, 0.15) is 37.8 Å². The van der Waals surface area contributed by atoms with E-state index in [4.69, 9.17) is 17.3 Å². The molecule has 0 aliphatic rings. The molecule has 0 saturated heterocycles. The normalized spacial score (nSPS) is 11.8. The van der Waals surface area contributed by atoms with E-state index >= 15 is 0 Å². The highest BCUT2D eigenvalue weighted by Crippen LogP contribution is 2.34. The number of unbranched alkanes of at least 4 members (excludes halogenated alkanes) is 1. The molecule has 21 heavy (non-hydrogen) atoms. The van der Waals surface area contributed by atoms with Gasteiger partial charge >= 0.3 is 0 Å². The maximum absolute atomic E-state index is 6.33. The van der Waals surface area contributed by atoms with Crippen molar-refractivity contribution in [1.29, 1.82) is 0 Å². The SMILES string of the molecule is CCCC[C@H](N)c1ccccc1Sc1ccc(Cl)cc1.Cl. The molecule has 0 fully saturated rings. The highest BCUT2D eigenvalue weighted by atomic mass is 35.5. The van der Waals surface area contributed by atoms with Gasteiger partial charge in [0.2, 0.25) is 0 Å². The minimum Gasteiger partial charge on any atom is -0.324 e. The van der Waals surface area contributed by atoms with E-state index in [1.54, 1.807) is 11.8 Å².